The van der Waals surface area contributed by atoms with Crippen LogP contribution in [-0.4, -0.2) is 12.6 Å². The van der Waals surface area contributed by atoms with Gasteiger partial charge in [0, 0.05) is 4.47 Å². The van der Waals surface area contributed by atoms with E-state index in [1.54, 1.807) is 12.1 Å². The average molecular weight is 357 g/mol. The summed E-state index contributed by atoms with van der Waals surface area (Å²) in [5.41, 5.74) is 0.825. The fraction of sp³-hybridized carbons (Fsp3) is 0.133. The molecule has 0 unspecified atom stereocenters. The van der Waals surface area contributed by atoms with Crippen molar-refractivity contribution in [2.45, 2.75) is 6.61 Å². The smallest absolute Gasteiger partial charge is 0.344 e. The van der Waals surface area contributed by atoms with Crippen molar-refractivity contribution in [2.24, 2.45) is 0 Å². The summed E-state index contributed by atoms with van der Waals surface area (Å²) in [6, 6.07) is 11.3. The molecule has 2 rings (SSSR count). The fourth-order valence-corrected chi connectivity index (χ4v) is 1.96. The third-order valence-electron chi connectivity index (χ3n) is 2.55. The minimum absolute atomic E-state index is 0.0956. The van der Waals surface area contributed by atoms with E-state index in [1.807, 2.05) is 18.2 Å². The summed E-state index contributed by atoms with van der Waals surface area (Å²) < 4.78 is 36.7. The van der Waals surface area contributed by atoms with Gasteiger partial charge >= 0.3 is 5.97 Å². The van der Waals surface area contributed by atoms with Crippen LogP contribution in [0, 0.1) is 11.6 Å². The van der Waals surface area contributed by atoms with Crippen LogP contribution in [0.25, 0.3) is 0 Å². The average Bonchev–Trinajstić information content (AvgIpc) is 2.48. The Hall–Kier alpha value is -1.95. The maximum absolute atomic E-state index is 13.4. The van der Waals surface area contributed by atoms with Gasteiger partial charge in [-0.2, -0.15) is 4.39 Å². The summed E-state index contributed by atoms with van der Waals surface area (Å²) in [5, 5.41) is 0. The summed E-state index contributed by atoms with van der Waals surface area (Å²) in [5.74, 6) is -3.22. The molecule has 0 saturated carbocycles. The number of ether oxygens (including phenoxy) is 2. The predicted molar refractivity (Wildman–Crippen MR) is 75.8 cm³/mol. The van der Waals surface area contributed by atoms with Crippen LogP contribution in [0.1, 0.15) is 5.56 Å². The highest BCUT2D eigenvalue weighted by Crippen LogP contribution is 2.25. The van der Waals surface area contributed by atoms with Crippen LogP contribution in [0.5, 0.6) is 5.75 Å². The van der Waals surface area contributed by atoms with Crippen molar-refractivity contribution in [1.29, 1.82) is 0 Å². The molecule has 0 amide bonds. The Morgan fingerprint density at radius 3 is 2.57 bits per heavy atom. The molecule has 0 radical (unpaired) electrons. The maximum Gasteiger partial charge on any atom is 0.344 e. The van der Waals surface area contributed by atoms with E-state index in [1.165, 1.54) is 6.07 Å². The minimum atomic E-state index is -1.14. The molecule has 0 saturated heterocycles. The van der Waals surface area contributed by atoms with Crippen molar-refractivity contribution in [3.05, 3.63) is 64.1 Å². The molecule has 0 aromatic heterocycles. The van der Waals surface area contributed by atoms with Gasteiger partial charge in [-0.1, -0.05) is 46.3 Å². The lowest BCUT2D eigenvalue weighted by Gasteiger charge is -2.08. The van der Waals surface area contributed by atoms with Crippen molar-refractivity contribution >= 4 is 21.9 Å². The first-order valence-corrected chi connectivity index (χ1v) is 6.82. The van der Waals surface area contributed by atoms with Crippen molar-refractivity contribution in [2.75, 3.05) is 6.61 Å². The predicted octanol–water partition coefficient (Wildman–Crippen LogP) is 3.85. The highest BCUT2D eigenvalue weighted by Gasteiger charge is 2.13. The molecule has 0 atom stereocenters. The molecule has 21 heavy (non-hydrogen) atoms. The Bertz CT molecular complexity index is 632. The van der Waals surface area contributed by atoms with E-state index in [0.29, 0.717) is 4.47 Å². The minimum Gasteiger partial charge on any atom is -0.479 e. The van der Waals surface area contributed by atoms with E-state index in [0.717, 1.165) is 11.6 Å². The third kappa shape index (κ3) is 4.53. The van der Waals surface area contributed by atoms with E-state index in [4.69, 9.17) is 9.47 Å². The number of hydrogen-bond donors (Lipinski definition) is 0. The van der Waals surface area contributed by atoms with E-state index in [9.17, 15) is 13.6 Å². The Labute approximate surface area is 128 Å². The Morgan fingerprint density at radius 1 is 1.14 bits per heavy atom. The molecule has 2 aromatic carbocycles. The SMILES string of the molecule is O=C(COc1cc(Br)cc(F)c1F)OCc1ccccc1. The molecular formula is C15H11BrF2O3. The second kappa shape index (κ2) is 7.17. The molecule has 0 aliphatic carbocycles. The number of carbonyl (C=O) groups is 1. The number of halogens is 3. The molecule has 0 aliphatic rings. The molecule has 6 heteroatoms. The summed E-state index contributed by atoms with van der Waals surface area (Å²) in [7, 11) is 0. The molecule has 0 heterocycles. The van der Waals surface area contributed by atoms with Crippen molar-refractivity contribution < 1.29 is 23.0 Å². The molecule has 0 N–H and O–H groups in total. The Balaban J connectivity index is 1.87. The first-order chi connectivity index (χ1) is 10.1. The lowest BCUT2D eigenvalue weighted by molar-refractivity contribution is -0.147. The van der Waals surface area contributed by atoms with Crippen LogP contribution in [0.3, 0.4) is 0 Å². The topological polar surface area (TPSA) is 35.5 Å². The molecular weight excluding hydrogens is 346 g/mol. The van der Waals surface area contributed by atoms with E-state index >= 15 is 0 Å². The largest absolute Gasteiger partial charge is 0.479 e. The zero-order chi connectivity index (χ0) is 15.2. The van der Waals surface area contributed by atoms with Crippen molar-refractivity contribution in [3.63, 3.8) is 0 Å². The summed E-state index contributed by atoms with van der Waals surface area (Å²) >= 11 is 3.01. The zero-order valence-electron chi connectivity index (χ0n) is 10.8. The highest BCUT2D eigenvalue weighted by atomic mass is 79.9. The quantitative estimate of drug-likeness (QED) is 0.602. The summed E-state index contributed by atoms with van der Waals surface area (Å²) in [6.07, 6.45) is 0. The van der Waals surface area contributed by atoms with Crippen molar-refractivity contribution in [3.8, 4) is 5.75 Å². The van der Waals surface area contributed by atoms with Gasteiger partial charge in [0.25, 0.3) is 0 Å². The van der Waals surface area contributed by atoms with Crippen LogP contribution >= 0.6 is 15.9 Å². The van der Waals surface area contributed by atoms with Crippen LogP contribution < -0.4 is 4.74 Å². The Morgan fingerprint density at radius 2 is 1.86 bits per heavy atom. The van der Waals surface area contributed by atoms with Crippen LogP contribution in [0.2, 0.25) is 0 Å². The van der Waals surface area contributed by atoms with Gasteiger partial charge in [0.05, 0.1) is 0 Å². The molecule has 3 nitrogen and oxygen atoms in total. The van der Waals surface area contributed by atoms with E-state index in [-0.39, 0.29) is 12.4 Å². The van der Waals surface area contributed by atoms with Crippen LogP contribution in [-0.2, 0) is 16.1 Å². The van der Waals surface area contributed by atoms with Gasteiger partial charge in [-0.15, -0.1) is 0 Å². The molecule has 2 aromatic rings. The van der Waals surface area contributed by atoms with Gasteiger partial charge in [0.2, 0.25) is 5.82 Å². The molecule has 0 bridgehead atoms. The molecule has 0 aliphatic heterocycles. The lowest BCUT2D eigenvalue weighted by atomic mass is 10.2. The molecule has 110 valence electrons. The van der Waals surface area contributed by atoms with E-state index in [2.05, 4.69) is 15.9 Å². The number of carbonyl (C=O) groups excluding carboxylic acids is 1. The number of hydrogen-bond acceptors (Lipinski definition) is 3. The van der Waals surface area contributed by atoms with Crippen LogP contribution in [0.4, 0.5) is 8.78 Å². The highest BCUT2D eigenvalue weighted by molar-refractivity contribution is 9.10. The lowest BCUT2D eigenvalue weighted by Crippen LogP contribution is -2.15. The van der Waals surface area contributed by atoms with E-state index < -0.39 is 24.2 Å². The second-order valence-electron chi connectivity index (χ2n) is 4.13. The summed E-state index contributed by atoms with van der Waals surface area (Å²) in [4.78, 5) is 11.5. The molecule has 0 fully saturated rings. The summed E-state index contributed by atoms with van der Waals surface area (Å²) in [6.45, 7) is -0.405. The third-order valence-corrected chi connectivity index (χ3v) is 3.01. The Kier molecular flexibility index (Phi) is 5.27. The van der Waals surface area contributed by atoms with Gasteiger partial charge < -0.3 is 9.47 Å². The van der Waals surface area contributed by atoms with Gasteiger partial charge in [-0.3, -0.25) is 0 Å². The normalized spacial score (nSPS) is 10.2. The first kappa shape index (κ1) is 15.4. The maximum atomic E-state index is 13.4. The second-order valence-corrected chi connectivity index (χ2v) is 5.05. The van der Waals surface area contributed by atoms with Gasteiger partial charge in [-0.25, -0.2) is 9.18 Å². The number of esters is 1. The zero-order valence-corrected chi connectivity index (χ0v) is 12.4. The first-order valence-electron chi connectivity index (χ1n) is 6.03. The standard InChI is InChI=1S/C15H11BrF2O3/c16-11-6-12(17)15(18)13(7-11)20-9-14(19)21-8-10-4-2-1-3-5-10/h1-7H,8-9H2. The van der Waals surface area contributed by atoms with Gasteiger partial charge in [0.15, 0.2) is 18.2 Å². The van der Waals surface area contributed by atoms with Gasteiger partial charge in [0.1, 0.15) is 6.61 Å². The van der Waals surface area contributed by atoms with Crippen molar-refractivity contribution in [1.82, 2.24) is 0 Å². The van der Waals surface area contributed by atoms with Crippen LogP contribution in [0.15, 0.2) is 46.9 Å². The molecule has 0 spiro atoms. The fourth-order valence-electron chi connectivity index (χ4n) is 1.55. The number of rotatable bonds is 5. The monoisotopic (exact) mass is 356 g/mol. The van der Waals surface area contributed by atoms with Gasteiger partial charge in [-0.05, 0) is 17.7 Å². The number of benzene rings is 2.